The highest BCUT2D eigenvalue weighted by Crippen LogP contribution is 2.71. The molecule has 0 fully saturated rings. The summed E-state index contributed by atoms with van der Waals surface area (Å²) in [6, 6.07) is 2.37. The highest BCUT2D eigenvalue weighted by Gasteiger charge is 2.55. The molecule has 0 atom stereocenters. The first-order chi connectivity index (χ1) is 12.1. The number of hydrogen-bond donors (Lipinski definition) is 5. The molecule has 11 heteroatoms. The fourth-order valence-corrected chi connectivity index (χ4v) is 5.67. The third kappa shape index (κ3) is 2.44. The molecule has 1 aromatic carbocycles. The van der Waals surface area contributed by atoms with Crippen LogP contribution < -0.4 is 21.9 Å². The summed E-state index contributed by atoms with van der Waals surface area (Å²) in [4.78, 5) is 46.8. The Morgan fingerprint density at radius 2 is 1.65 bits per heavy atom. The summed E-state index contributed by atoms with van der Waals surface area (Å²) in [6.45, 7) is 2.03. The second kappa shape index (κ2) is 6.59. The molecule has 1 aromatic rings. The zero-order valence-corrected chi connectivity index (χ0v) is 14.5. The van der Waals surface area contributed by atoms with E-state index in [0.717, 1.165) is 6.07 Å². The van der Waals surface area contributed by atoms with E-state index in [2.05, 4.69) is 0 Å². The minimum atomic E-state index is -3.89. The molecule has 26 heavy (non-hydrogen) atoms. The first kappa shape index (κ1) is 19.1. The molecule has 1 heterocycles. The van der Waals surface area contributed by atoms with Gasteiger partial charge in [-0.3, -0.25) is 9.59 Å². The van der Waals surface area contributed by atoms with Gasteiger partial charge in [0.15, 0.2) is 0 Å². The average molecular weight is 383 g/mol. The minimum Gasteiger partial charge on any atom is -0.493 e. The molecular formula is C15H17N3O7S. The number of carboxylic acids is 2. The summed E-state index contributed by atoms with van der Waals surface area (Å²) in [6.07, 6.45) is 0.592. The van der Waals surface area contributed by atoms with Gasteiger partial charge in [0.25, 0.3) is 10.5 Å². The molecule has 8 N–H and O–H groups in total. The van der Waals surface area contributed by atoms with Crippen molar-refractivity contribution in [3.8, 4) is 5.75 Å². The first-order valence-electron chi connectivity index (χ1n) is 7.31. The van der Waals surface area contributed by atoms with Gasteiger partial charge in [-0.25, -0.2) is 9.59 Å². The van der Waals surface area contributed by atoms with E-state index in [1.54, 1.807) is 0 Å². The molecule has 2 amide bonds. The Labute approximate surface area is 148 Å². The van der Waals surface area contributed by atoms with Crippen molar-refractivity contribution >= 4 is 38.1 Å². The number of nitrogens with two attached hydrogens (primary N) is 3. The van der Waals surface area contributed by atoms with E-state index in [1.165, 1.54) is 6.07 Å². The maximum absolute atomic E-state index is 12.3. The maximum atomic E-state index is 12.3. The van der Waals surface area contributed by atoms with Crippen LogP contribution in [-0.2, 0) is 4.79 Å². The van der Waals surface area contributed by atoms with Crippen LogP contribution >= 0.6 is 10.0 Å². The summed E-state index contributed by atoms with van der Waals surface area (Å²) in [5, 5.41) is 16.3. The van der Waals surface area contributed by atoms with Gasteiger partial charge in [-0.2, -0.15) is 0 Å². The van der Waals surface area contributed by atoms with Crippen LogP contribution in [0.3, 0.4) is 0 Å². The number of carbonyl (C=O) groups excluding carboxylic acids is 2. The smallest absolute Gasteiger partial charge is 0.344 e. The van der Waals surface area contributed by atoms with Gasteiger partial charge in [-0.1, -0.05) is 6.92 Å². The third-order valence-corrected chi connectivity index (χ3v) is 6.99. The molecule has 0 bridgehead atoms. The van der Waals surface area contributed by atoms with Gasteiger partial charge in [-0.15, -0.1) is 0 Å². The van der Waals surface area contributed by atoms with E-state index < -0.39 is 53.5 Å². The predicted molar refractivity (Wildman–Crippen MR) is 93.0 cm³/mol. The molecule has 140 valence electrons. The fourth-order valence-electron chi connectivity index (χ4n) is 2.77. The number of benzene rings is 1. The number of carbonyl (C=O) groups is 4. The number of aliphatic carboxylic acids is 1. The molecule has 0 saturated heterocycles. The minimum absolute atomic E-state index is 0.0416. The van der Waals surface area contributed by atoms with Gasteiger partial charge in [0, 0.05) is 4.90 Å². The number of aromatic carboxylic acids is 1. The molecule has 0 radical (unpaired) electrons. The molecular weight excluding hydrogens is 366 g/mol. The lowest BCUT2D eigenvalue weighted by atomic mass is 10.1. The number of fused-ring (bicyclic) bond motifs is 1. The van der Waals surface area contributed by atoms with Gasteiger partial charge < -0.3 is 32.2 Å². The number of hydrogen-bond acceptors (Lipinski definition) is 6. The van der Waals surface area contributed by atoms with E-state index in [0.29, 0.717) is 6.42 Å². The van der Waals surface area contributed by atoms with Gasteiger partial charge in [0.1, 0.15) is 10.7 Å². The first-order valence-corrected chi connectivity index (χ1v) is 8.94. The second-order valence-corrected chi connectivity index (χ2v) is 8.11. The lowest BCUT2D eigenvalue weighted by Crippen LogP contribution is -2.33. The van der Waals surface area contributed by atoms with Crippen LogP contribution in [0.2, 0.25) is 0 Å². The molecule has 10 nitrogen and oxygen atoms in total. The summed E-state index contributed by atoms with van der Waals surface area (Å²) in [7, 11) is -3.89. The zero-order valence-electron chi connectivity index (χ0n) is 13.6. The molecule has 0 spiro atoms. The Morgan fingerprint density at radius 1 is 1.08 bits per heavy atom. The Balaban J connectivity index is 3.05. The standard InChI is InChI=1S/C15H17N3O7S/c1-2-5-25-7-4-3-6(12(19)20)10-8(7)9(16)11(13(21)22)26(10,14(17)23)15(18)24/h3-4H,2,5,16H2,1H3,(H2,17,23)(H2,18,24)(H,19,20)(H,21,22). The predicted octanol–water partition coefficient (Wildman–Crippen LogP) is 1.22. The summed E-state index contributed by atoms with van der Waals surface area (Å²) < 4.78 is 5.49. The topological polar surface area (TPSA) is 196 Å². The third-order valence-electron chi connectivity index (χ3n) is 3.74. The van der Waals surface area contributed by atoms with Crippen LogP contribution in [0.4, 0.5) is 9.59 Å². The summed E-state index contributed by atoms with van der Waals surface area (Å²) >= 11 is 0. The number of primary amides is 2. The number of amides is 2. The van der Waals surface area contributed by atoms with Crippen LogP contribution in [-0.4, -0.2) is 39.2 Å². The fraction of sp³-hybridized carbons (Fsp3) is 0.200. The Bertz CT molecular complexity index is 864. The Morgan fingerprint density at radius 3 is 2.08 bits per heavy atom. The largest absolute Gasteiger partial charge is 0.493 e. The average Bonchev–Trinajstić information content (AvgIpc) is 2.83. The maximum Gasteiger partial charge on any atom is 0.344 e. The second-order valence-electron chi connectivity index (χ2n) is 5.27. The van der Waals surface area contributed by atoms with Crippen molar-refractivity contribution in [2.45, 2.75) is 18.2 Å². The Hall–Kier alpha value is -3.21. The van der Waals surface area contributed by atoms with Gasteiger partial charge >= 0.3 is 11.9 Å². The summed E-state index contributed by atoms with van der Waals surface area (Å²) in [5.74, 6) is -3.15. The molecule has 0 aliphatic carbocycles. The van der Waals surface area contributed by atoms with Crippen molar-refractivity contribution in [1.82, 2.24) is 0 Å². The number of rotatable bonds is 5. The number of carboxylic acid groups (broad SMARTS) is 2. The molecule has 1 aliphatic heterocycles. The van der Waals surface area contributed by atoms with Crippen LogP contribution in [0.15, 0.2) is 21.9 Å². The highest BCUT2D eigenvalue weighted by atomic mass is 32.3. The van der Waals surface area contributed by atoms with Gasteiger partial charge in [0.2, 0.25) is 0 Å². The van der Waals surface area contributed by atoms with Gasteiger partial charge in [0.05, 0.1) is 23.4 Å². The zero-order chi connectivity index (χ0) is 19.8. The van der Waals surface area contributed by atoms with Crippen molar-refractivity contribution in [2.24, 2.45) is 17.2 Å². The van der Waals surface area contributed by atoms with Crippen molar-refractivity contribution in [3.05, 3.63) is 28.2 Å². The van der Waals surface area contributed by atoms with E-state index in [-0.39, 0.29) is 17.9 Å². The van der Waals surface area contributed by atoms with Crippen LogP contribution in [0.5, 0.6) is 5.75 Å². The Kier molecular flexibility index (Phi) is 4.85. The highest BCUT2D eigenvalue weighted by molar-refractivity contribution is 8.58. The van der Waals surface area contributed by atoms with Crippen molar-refractivity contribution in [2.75, 3.05) is 6.61 Å². The van der Waals surface area contributed by atoms with Crippen LogP contribution in [0.1, 0.15) is 29.3 Å². The number of ether oxygens (including phenoxy) is 1. The molecule has 1 aliphatic rings. The van der Waals surface area contributed by atoms with Gasteiger partial charge in [-0.05, 0) is 28.6 Å². The van der Waals surface area contributed by atoms with Crippen LogP contribution in [0.25, 0.3) is 5.70 Å². The van der Waals surface area contributed by atoms with Crippen LogP contribution in [0, 0.1) is 0 Å². The molecule has 0 unspecified atom stereocenters. The monoisotopic (exact) mass is 383 g/mol. The van der Waals surface area contributed by atoms with E-state index in [4.69, 9.17) is 21.9 Å². The van der Waals surface area contributed by atoms with E-state index >= 15 is 0 Å². The molecule has 0 aromatic heterocycles. The SMILES string of the molecule is CCCOc1ccc(C(=O)O)c2c1C(N)=C(C(=O)O)S2(C(N)=O)C(N)=O. The lowest BCUT2D eigenvalue weighted by molar-refractivity contribution is -0.131. The normalized spacial score (nSPS) is 15.9. The molecule has 2 rings (SSSR count). The van der Waals surface area contributed by atoms with E-state index in [1.807, 2.05) is 6.92 Å². The van der Waals surface area contributed by atoms with Crippen molar-refractivity contribution < 1.29 is 34.1 Å². The van der Waals surface area contributed by atoms with Crippen molar-refractivity contribution in [3.63, 3.8) is 0 Å². The quantitative estimate of drug-likeness (QED) is 0.500. The lowest BCUT2D eigenvalue weighted by Gasteiger charge is -2.31. The summed E-state index contributed by atoms with van der Waals surface area (Å²) in [5.41, 5.74) is 15.5. The van der Waals surface area contributed by atoms with E-state index in [9.17, 15) is 29.4 Å². The molecule has 0 saturated carbocycles. The van der Waals surface area contributed by atoms with Crippen molar-refractivity contribution in [1.29, 1.82) is 0 Å².